The first-order chi connectivity index (χ1) is 14.9. The smallest absolute Gasteiger partial charge is 0.279 e. The lowest BCUT2D eigenvalue weighted by molar-refractivity contribution is -0.128. The lowest BCUT2D eigenvalue weighted by Gasteiger charge is -2.16. The predicted molar refractivity (Wildman–Crippen MR) is 109 cm³/mol. The van der Waals surface area contributed by atoms with Crippen LogP contribution in [0.25, 0.3) is 0 Å². The Kier molecular flexibility index (Phi) is 6.86. The number of benzene rings is 2. The van der Waals surface area contributed by atoms with Crippen molar-refractivity contribution in [2.75, 3.05) is 0 Å². The molecule has 1 aromatic heterocycles. The van der Waals surface area contributed by atoms with E-state index in [1.54, 1.807) is 44.2 Å². The Labute approximate surface area is 178 Å². The van der Waals surface area contributed by atoms with Gasteiger partial charge in [-0.25, -0.2) is 4.39 Å². The van der Waals surface area contributed by atoms with Crippen molar-refractivity contribution >= 4 is 11.8 Å². The minimum absolute atomic E-state index is 0.0606. The van der Waals surface area contributed by atoms with E-state index in [1.807, 2.05) is 0 Å². The summed E-state index contributed by atoms with van der Waals surface area (Å²) >= 11 is 0. The van der Waals surface area contributed by atoms with Gasteiger partial charge in [0.1, 0.15) is 18.1 Å². The second-order valence-corrected chi connectivity index (χ2v) is 6.72. The normalized spacial score (nSPS) is 11.5. The molecule has 31 heavy (non-hydrogen) atoms. The monoisotopic (exact) mass is 427 g/mol. The van der Waals surface area contributed by atoms with Crippen molar-refractivity contribution < 1.29 is 28.0 Å². The summed E-state index contributed by atoms with van der Waals surface area (Å²) in [6.07, 6.45) is -1.04. The summed E-state index contributed by atoms with van der Waals surface area (Å²) in [5.41, 5.74) is 6.30. The highest BCUT2D eigenvalue weighted by Gasteiger charge is 2.19. The van der Waals surface area contributed by atoms with E-state index in [2.05, 4.69) is 16.0 Å². The van der Waals surface area contributed by atoms with Gasteiger partial charge in [0.05, 0.1) is 16.8 Å². The average Bonchev–Trinajstić information content (AvgIpc) is 3.09. The summed E-state index contributed by atoms with van der Waals surface area (Å²) in [4.78, 5) is 24.8. The molecule has 1 atom stereocenters. The van der Waals surface area contributed by atoms with Crippen LogP contribution in [0.4, 0.5) is 4.39 Å². The highest BCUT2D eigenvalue weighted by atomic mass is 19.1. The minimum atomic E-state index is -1.04. The third-order valence-corrected chi connectivity index (χ3v) is 4.49. The van der Waals surface area contributed by atoms with Gasteiger partial charge in [0.15, 0.2) is 17.7 Å². The van der Waals surface area contributed by atoms with Gasteiger partial charge in [-0.15, -0.1) is 0 Å². The molecule has 9 heteroatoms. The number of carbonyl (C=O) groups is 2. The highest BCUT2D eigenvalue weighted by molar-refractivity contribution is 5.98. The van der Waals surface area contributed by atoms with Crippen molar-refractivity contribution in [1.82, 2.24) is 16.0 Å². The fourth-order valence-electron chi connectivity index (χ4n) is 2.71. The standard InChI is InChI=1S/C22H22FN3O5/c1-13-17(14(2)31-26-13)12-29-19-10-6-4-8-16(19)22(28)25-24-21(27)15(3)30-20-11-7-5-9-18(20)23/h4-11,15H,12H2,1-3H3,(H,24,27)(H,25,28)/t15-/m0/s1. The van der Waals surface area contributed by atoms with Crippen LogP contribution in [0.5, 0.6) is 11.5 Å². The summed E-state index contributed by atoms with van der Waals surface area (Å²) < 4.78 is 29.8. The summed E-state index contributed by atoms with van der Waals surface area (Å²) in [5.74, 6) is -0.919. The van der Waals surface area contributed by atoms with Gasteiger partial charge < -0.3 is 14.0 Å². The molecule has 0 saturated heterocycles. The number of rotatable bonds is 7. The van der Waals surface area contributed by atoms with E-state index < -0.39 is 23.7 Å². The number of nitrogens with zero attached hydrogens (tertiary/aromatic N) is 1. The largest absolute Gasteiger partial charge is 0.488 e. The van der Waals surface area contributed by atoms with Gasteiger partial charge in [0.25, 0.3) is 11.8 Å². The molecule has 2 aromatic carbocycles. The van der Waals surface area contributed by atoms with Crippen LogP contribution >= 0.6 is 0 Å². The van der Waals surface area contributed by atoms with Crippen LogP contribution in [-0.4, -0.2) is 23.1 Å². The molecule has 0 aliphatic rings. The molecule has 2 N–H and O–H groups in total. The van der Waals surface area contributed by atoms with E-state index in [0.717, 1.165) is 5.56 Å². The van der Waals surface area contributed by atoms with Gasteiger partial charge in [-0.2, -0.15) is 0 Å². The van der Waals surface area contributed by atoms with Gasteiger partial charge in [-0.3, -0.25) is 20.4 Å². The van der Waals surface area contributed by atoms with E-state index in [1.165, 1.54) is 25.1 Å². The topological polar surface area (TPSA) is 103 Å². The fourth-order valence-corrected chi connectivity index (χ4v) is 2.71. The Morgan fingerprint density at radius 1 is 1.06 bits per heavy atom. The number of halogens is 1. The lowest BCUT2D eigenvalue weighted by Crippen LogP contribution is -2.47. The summed E-state index contributed by atoms with van der Waals surface area (Å²) in [5, 5.41) is 3.87. The maximum absolute atomic E-state index is 13.7. The van der Waals surface area contributed by atoms with Gasteiger partial charge >= 0.3 is 0 Å². The molecule has 0 saturated carbocycles. The van der Waals surface area contributed by atoms with Gasteiger partial charge in [-0.1, -0.05) is 29.4 Å². The average molecular weight is 427 g/mol. The maximum Gasteiger partial charge on any atom is 0.279 e. The van der Waals surface area contributed by atoms with Crippen molar-refractivity contribution in [3.63, 3.8) is 0 Å². The van der Waals surface area contributed by atoms with Crippen LogP contribution in [0.3, 0.4) is 0 Å². The molecule has 2 amide bonds. The van der Waals surface area contributed by atoms with Crippen LogP contribution in [0.2, 0.25) is 0 Å². The number of ether oxygens (including phenoxy) is 2. The first-order valence-electron chi connectivity index (χ1n) is 9.51. The van der Waals surface area contributed by atoms with Crippen molar-refractivity contribution in [1.29, 1.82) is 0 Å². The molecule has 0 spiro atoms. The molecule has 0 unspecified atom stereocenters. The van der Waals surface area contributed by atoms with Crippen molar-refractivity contribution in [3.8, 4) is 11.5 Å². The predicted octanol–water partition coefficient (Wildman–Crippen LogP) is 3.24. The van der Waals surface area contributed by atoms with Gasteiger partial charge in [-0.05, 0) is 45.0 Å². The van der Waals surface area contributed by atoms with E-state index in [-0.39, 0.29) is 17.9 Å². The number of hydrogen-bond acceptors (Lipinski definition) is 6. The van der Waals surface area contributed by atoms with E-state index >= 15 is 0 Å². The molecule has 3 aromatic rings. The first-order valence-corrected chi connectivity index (χ1v) is 9.51. The third-order valence-electron chi connectivity index (χ3n) is 4.49. The third kappa shape index (κ3) is 5.39. The Hall–Kier alpha value is -3.88. The van der Waals surface area contributed by atoms with Crippen molar-refractivity contribution in [2.24, 2.45) is 0 Å². The molecular formula is C22H22FN3O5. The number of amides is 2. The molecule has 0 bridgehead atoms. The zero-order valence-electron chi connectivity index (χ0n) is 17.3. The van der Waals surface area contributed by atoms with Crippen LogP contribution in [0, 0.1) is 19.7 Å². The zero-order chi connectivity index (χ0) is 22.4. The van der Waals surface area contributed by atoms with Gasteiger partial charge in [0.2, 0.25) is 0 Å². The van der Waals surface area contributed by atoms with Crippen molar-refractivity contribution in [3.05, 3.63) is 76.9 Å². The molecule has 1 heterocycles. The minimum Gasteiger partial charge on any atom is -0.488 e. The van der Waals surface area contributed by atoms with E-state index in [4.69, 9.17) is 14.0 Å². The first kappa shape index (κ1) is 21.8. The Balaban J connectivity index is 1.59. The molecular weight excluding hydrogens is 405 g/mol. The summed E-state index contributed by atoms with van der Waals surface area (Å²) in [7, 11) is 0. The van der Waals surface area contributed by atoms with Gasteiger partial charge in [0, 0.05) is 0 Å². The molecule has 0 aliphatic heterocycles. The molecule has 0 fully saturated rings. The lowest BCUT2D eigenvalue weighted by atomic mass is 10.2. The number of hydrogen-bond donors (Lipinski definition) is 2. The summed E-state index contributed by atoms with van der Waals surface area (Å²) in [6.45, 7) is 5.19. The number of hydrazine groups is 1. The zero-order valence-corrected chi connectivity index (χ0v) is 17.3. The molecule has 0 aliphatic carbocycles. The fraction of sp³-hybridized carbons (Fsp3) is 0.227. The Morgan fingerprint density at radius 2 is 1.74 bits per heavy atom. The second-order valence-electron chi connectivity index (χ2n) is 6.72. The van der Waals surface area contributed by atoms with E-state index in [0.29, 0.717) is 17.2 Å². The number of para-hydroxylation sites is 2. The Morgan fingerprint density at radius 3 is 2.42 bits per heavy atom. The number of aryl methyl sites for hydroxylation is 2. The number of nitrogens with one attached hydrogen (secondary N) is 2. The quantitative estimate of drug-likeness (QED) is 0.561. The van der Waals surface area contributed by atoms with Crippen LogP contribution < -0.4 is 20.3 Å². The van der Waals surface area contributed by atoms with Crippen LogP contribution in [-0.2, 0) is 11.4 Å². The number of carbonyl (C=O) groups excluding carboxylic acids is 2. The second kappa shape index (κ2) is 9.75. The molecule has 162 valence electrons. The molecule has 0 radical (unpaired) electrons. The van der Waals surface area contributed by atoms with Crippen molar-refractivity contribution in [2.45, 2.75) is 33.5 Å². The molecule has 3 rings (SSSR count). The number of aromatic nitrogens is 1. The maximum atomic E-state index is 13.7. The SMILES string of the molecule is Cc1noc(C)c1COc1ccccc1C(=O)NNC(=O)[C@H](C)Oc1ccccc1F. The molecule has 8 nitrogen and oxygen atoms in total. The highest BCUT2D eigenvalue weighted by Crippen LogP contribution is 2.21. The summed E-state index contributed by atoms with van der Waals surface area (Å²) in [6, 6.07) is 12.3. The Bertz CT molecular complexity index is 1060. The van der Waals surface area contributed by atoms with E-state index in [9.17, 15) is 14.0 Å². The van der Waals surface area contributed by atoms with Crippen LogP contribution in [0.15, 0.2) is 53.1 Å². The van der Waals surface area contributed by atoms with Crippen LogP contribution in [0.1, 0.15) is 34.3 Å².